The Morgan fingerprint density at radius 2 is 2.00 bits per heavy atom. The van der Waals surface area contributed by atoms with E-state index < -0.39 is 0 Å². The van der Waals surface area contributed by atoms with Crippen LogP contribution in [0.1, 0.15) is 46.7 Å². The van der Waals surface area contributed by atoms with Crippen LogP contribution in [0.25, 0.3) is 0 Å². The Kier molecular flexibility index (Phi) is 4.96. The number of aryl methyl sites for hydroxylation is 1. The second-order valence-corrected chi connectivity index (χ2v) is 6.28. The van der Waals surface area contributed by atoms with Gasteiger partial charge in [-0.3, -0.25) is 9.59 Å². The molecule has 1 heterocycles. The molecule has 1 fully saturated rings. The maximum atomic E-state index is 11.8. The SMILES string of the molecule is Cc1ccc(C(=O)NCC(=O)NC2CCCCC2)s1. The van der Waals surface area contributed by atoms with Gasteiger partial charge in [0.1, 0.15) is 0 Å². The van der Waals surface area contributed by atoms with Crippen molar-refractivity contribution in [2.24, 2.45) is 0 Å². The van der Waals surface area contributed by atoms with Crippen molar-refractivity contribution >= 4 is 23.2 Å². The zero-order valence-corrected chi connectivity index (χ0v) is 12.0. The third-order valence-electron chi connectivity index (χ3n) is 3.34. The first-order valence-corrected chi connectivity index (χ1v) is 7.61. The third-order valence-corrected chi connectivity index (χ3v) is 4.34. The average molecular weight is 280 g/mol. The van der Waals surface area contributed by atoms with Crippen molar-refractivity contribution in [3.8, 4) is 0 Å². The Labute approximate surface area is 117 Å². The van der Waals surface area contributed by atoms with Gasteiger partial charge >= 0.3 is 0 Å². The van der Waals surface area contributed by atoms with Gasteiger partial charge in [0.2, 0.25) is 5.91 Å². The number of hydrogen-bond donors (Lipinski definition) is 2. The van der Waals surface area contributed by atoms with E-state index in [1.165, 1.54) is 30.6 Å². The van der Waals surface area contributed by atoms with E-state index >= 15 is 0 Å². The molecule has 1 aliphatic carbocycles. The molecule has 0 aliphatic heterocycles. The lowest BCUT2D eigenvalue weighted by atomic mass is 9.95. The summed E-state index contributed by atoms with van der Waals surface area (Å²) in [5.74, 6) is -0.259. The molecule has 0 radical (unpaired) electrons. The van der Waals surface area contributed by atoms with Crippen molar-refractivity contribution in [1.82, 2.24) is 10.6 Å². The lowest BCUT2D eigenvalue weighted by Crippen LogP contribution is -2.42. The van der Waals surface area contributed by atoms with E-state index in [4.69, 9.17) is 0 Å². The summed E-state index contributed by atoms with van der Waals surface area (Å²) >= 11 is 1.44. The number of carbonyl (C=O) groups is 2. The molecular formula is C14H20N2O2S. The van der Waals surface area contributed by atoms with E-state index in [0.29, 0.717) is 10.9 Å². The maximum Gasteiger partial charge on any atom is 0.261 e. The molecule has 0 saturated heterocycles. The molecule has 0 spiro atoms. The van der Waals surface area contributed by atoms with Crippen LogP contribution in [0.5, 0.6) is 0 Å². The smallest absolute Gasteiger partial charge is 0.261 e. The highest BCUT2D eigenvalue weighted by molar-refractivity contribution is 7.13. The highest BCUT2D eigenvalue weighted by Gasteiger charge is 2.16. The van der Waals surface area contributed by atoms with Crippen LogP contribution in [0.2, 0.25) is 0 Å². The fourth-order valence-electron chi connectivity index (χ4n) is 2.33. The van der Waals surface area contributed by atoms with Gasteiger partial charge in [0.25, 0.3) is 5.91 Å². The summed E-state index contributed by atoms with van der Waals surface area (Å²) in [7, 11) is 0. The summed E-state index contributed by atoms with van der Waals surface area (Å²) in [6, 6.07) is 3.98. The molecule has 1 aromatic heterocycles. The van der Waals surface area contributed by atoms with Gasteiger partial charge in [0, 0.05) is 10.9 Å². The van der Waals surface area contributed by atoms with Crippen LogP contribution in [-0.4, -0.2) is 24.4 Å². The van der Waals surface area contributed by atoms with Gasteiger partial charge in [-0.25, -0.2) is 0 Å². The monoisotopic (exact) mass is 280 g/mol. The van der Waals surface area contributed by atoms with Gasteiger partial charge in [0.15, 0.2) is 0 Å². The quantitative estimate of drug-likeness (QED) is 0.888. The zero-order valence-electron chi connectivity index (χ0n) is 11.2. The van der Waals surface area contributed by atoms with Gasteiger partial charge in [-0.05, 0) is 31.9 Å². The summed E-state index contributed by atoms with van der Waals surface area (Å²) in [4.78, 5) is 25.3. The van der Waals surface area contributed by atoms with Crippen LogP contribution >= 0.6 is 11.3 Å². The van der Waals surface area contributed by atoms with E-state index in [0.717, 1.165) is 17.7 Å². The maximum absolute atomic E-state index is 11.8. The van der Waals surface area contributed by atoms with Crippen LogP contribution in [0.4, 0.5) is 0 Å². The molecule has 19 heavy (non-hydrogen) atoms. The summed E-state index contributed by atoms with van der Waals surface area (Å²) < 4.78 is 0. The minimum absolute atomic E-state index is 0.0618. The topological polar surface area (TPSA) is 58.2 Å². The molecule has 5 heteroatoms. The molecule has 2 amide bonds. The van der Waals surface area contributed by atoms with Crippen molar-refractivity contribution in [3.63, 3.8) is 0 Å². The Balaban J connectivity index is 1.72. The molecular weight excluding hydrogens is 260 g/mol. The largest absolute Gasteiger partial charge is 0.352 e. The van der Waals surface area contributed by atoms with Gasteiger partial charge in [-0.2, -0.15) is 0 Å². The van der Waals surface area contributed by atoms with Crippen molar-refractivity contribution in [3.05, 3.63) is 21.9 Å². The minimum atomic E-state index is -0.170. The standard InChI is InChI=1S/C14H20N2O2S/c1-10-7-8-12(19-10)14(18)15-9-13(17)16-11-5-3-2-4-6-11/h7-8,11H,2-6,9H2,1H3,(H,15,18)(H,16,17). The molecule has 4 nitrogen and oxygen atoms in total. The lowest BCUT2D eigenvalue weighted by Gasteiger charge is -2.22. The van der Waals surface area contributed by atoms with E-state index in [-0.39, 0.29) is 18.4 Å². The number of amides is 2. The molecule has 1 aromatic rings. The van der Waals surface area contributed by atoms with Gasteiger partial charge in [-0.1, -0.05) is 19.3 Å². The number of thiophene rings is 1. The Morgan fingerprint density at radius 1 is 1.26 bits per heavy atom. The van der Waals surface area contributed by atoms with Crippen molar-refractivity contribution in [2.45, 2.75) is 45.1 Å². The number of nitrogens with one attached hydrogen (secondary N) is 2. The number of rotatable bonds is 4. The van der Waals surface area contributed by atoms with Gasteiger partial charge in [0.05, 0.1) is 11.4 Å². The van der Waals surface area contributed by atoms with Crippen molar-refractivity contribution in [2.75, 3.05) is 6.54 Å². The number of carbonyl (C=O) groups excluding carboxylic acids is 2. The predicted molar refractivity (Wildman–Crippen MR) is 76.4 cm³/mol. The molecule has 104 valence electrons. The molecule has 1 aliphatic rings. The molecule has 2 rings (SSSR count). The van der Waals surface area contributed by atoms with Crippen molar-refractivity contribution < 1.29 is 9.59 Å². The summed E-state index contributed by atoms with van der Waals surface area (Å²) in [6.07, 6.45) is 5.76. The first-order valence-electron chi connectivity index (χ1n) is 6.79. The van der Waals surface area contributed by atoms with E-state index in [9.17, 15) is 9.59 Å². The Morgan fingerprint density at radius 3 is 2.63 bits per heavy atom. The highest BCUT2D eigenvalue weighted by Crippen LogP contribution is 2.17. The predicted octanol–water partition coefficient (Wildman–Crippen LogP) is 2.24. The fourth-order valence-corrected chi connectivity index (χ4v) is 3.11. The minimum Gasteiger partial charge on any atom is -0.352 e. The first kappa shape index (κ1) is 14.1. The van der Waals surface area contributed by atoms with E-state index in [1.54, 1.807) is 6.07 Å². The van der Waals surface area contributed by atoms with Crippen LogP contribution in [0, 0.1) is 6.92 Å². The van der Waals surface area contributed by atoms with Crippen LogP contribution < -0.4 is 10.6 Å². The summed E-state index contributed by atoms with van der Waals surface area (Å²) in [6.45, 7) is 2.02. The zero-order chi connectivity index (χ0) is 13.7. The van der Waals surface area contributed by atoms with Gasteiger partial charge in [-0.15, -0.1) is 11.3 Å². The van der Waals surface area contributed by atoms with Crippen LogP contribution in [-0.2, 0) is 4.79 Å². The summed E-state index contributed by atoms with van der Waals surface area (Å²) in [5, 5.41) is 5.64. The lowest BCUT2D eigenvalue weighted by molar-refractivity contribution is -0.121. The number of hydrogen-bond acceptors (Lipinski definition) is 3. The molecule has 0 atom stereocenters. The van der Waals surface area contributed by atoms with E-state index in [1.807, 2.05) is 13.0 Å². The second kappa shape index (κ2) is 6.70. The van der Waals surface area contributed by atoms with Crippen LogP contribution in [0.15, 0.2) is 12.1 Å². The van der Waals surface area contributed by atoms with Crippen LogP contribution in [0.3, 0.4) is 0 Å². The molecule has 0 unspecified atom stereocenters. The normalized spacial score (nSPS) is 16.1. The average Bonchev–Trinajstić information content (AvgIpc) is 2.84. The van der Waals surface area contributed by atoms with E-state index in [2.05, 4.69) is 10.6 Å². The second-order valence-electron chi connectivity index (χ2n) is 5.00. The Hall–Kier alpha value is -1.36. The molecule has 0 aromatic carbocycles. The molecule has 2 N–H and O–H groups in total. The molecule has 0 bridgehead atoms. The molecule has 1 saturated carbocycles. The fraction of sp³-hybridized carbons (Fsp3) is 0.571. The third kappa shape index (κ3) is 4.35. The summed E-state index contributed by atoms with van der Waals surface area (Å²) in [5.41, 5.74) is 0. The highest BCUT2D eigenvalue weighted by atomic mass is 32.1. The Bertz CT molecular complexity index is 450. The first-order chi connectivity index (χ1) is 9.15. The van der Waals surface area contributed by atoms with Crippen molar-refractivity contribution in [1.29, 1.82) is 0 Å². The van der Waals surface area contributed by atoms with Gasteiger partial charge < -0.3 is 10.6 Å².